The number of aryl methyl sites for hydroxylation is 1. The van der Waals surface area contributed by atoms with E-state index in [-0.39, 0.29) is 30.6 Å². The Balaban J connectivity index is 1.97. The average Bonchev–Trinajstić information content (AvgIpc) is 2.28. The van der Waals surface area contributed by atoms with Crippen molar-refractivity contribution in [3.05, 3.63) is 29.8 Å². The van der Waals surface area contributed by atoms with Crippen LogP contribution in [-0.2, 0) is 9.84 Å². The minimum absolute atomic E-state index is 0.0498. The lowest BCUT2D eigenvalue weighted by molar-refractivity contribution is 0.216. The molecule has 1 N–H and O–H groups in total. The summed E-state index contributed by atoms with van der Waals surface area (Å²) in [7, 11) is -2.95. The zero-order valence-corrected chi connectivity index (χ0v) is 11.0. The third-order valence-electron chi connectivity index (χ3n) is 2.90. The summed E-state index contributed by atoms with van der Waals surface area (Å²) in [6, 6.07) is 7.26. The average molecular weight is 268 g/mol. The van der Waals surface area contributed by atoms with Crippen molar-refractivity contribution < 1.29 is 13.2 Å². The molecule has 0 aliphatic carbocycles. The highest BCUT2D eigenvalue weighted by molar-refractivity contribution is 7.91. The number of hydrogen-bond donors (Lipinski definition) is 1. The third-order valence-corrected chi connectivity index (χ3v) is 4.51. The molecule has 1 aromatic rings. The molecule has 18 heavy (non-hydrogen) atoms. The van der Waals surface area contributed by atoms with Crippen LogP contribution in [0.2, 0.25) is 0 Å². The van der Waals surface area contributed by atoms with Crippen LogP contribution in [0.1, 0.15) is 5.56 Å². The maximum absolute atomic E-state index is 11.9. The van der Waals surface area contributed by atoms with Crippen LogP contribution in [0.4, 0.5) is 10.5 Å². The first-order valence-electron chi connectivity index (χ1n) is 5.79. The molecule has 5 nitrogen and oxygen atoms in total. The van der Waals surface area contributed by atoms with E-state index in [0.717, 1.165) is 11.3 Å². The van der Waals surface area contributed by atoms with Gasteiger partial charge in [-0.2, -0.15) is 0 Å². The first kappa shape index (κ1) is 12.9. The summed E-state index contributed by atoms with van der Waals surface area (Å²) in [4.78, 5) is 13.4. The van der Waals surface area contributed by atoms with Crippen molar-refractivity contribution in [2.45, 2.75) is 6.92 Å². The molecule has 0 aromatic heterocycles. The first-order chi connectivity index (χ1) is 8.46. The number of anilines is 1. The van der Waals surface area contributed by atoms with Gasteiger partial charge in [-0.3, -0.25) is 0 Å². The molecule has 0 spiro atoms. The monoisotopic (exact) mass is 268 g/mol. The molecule has 0 saturated carbocycles. The highest BCUT2D eigenvalue weighted by Gasteiger charge is 2.24. The second-order valence-electron chi connectivity index (χ2n) is 4.44. The van der Waals surface area contributed by atoms with Gasteiger partial charge in [-0.1, -0.05) is 12.1 Å². The van der Waals surface area contributed by atoms with Crippen molar-refractivity contribution in [3.8, 4) is 0 Å². The van der Waals surface area contributed by atoms with Crippen LogP contribution < -0.4 is 5.32 Å². The van der Waals surface area contributed by atoms with Gasteiger partial charge in [0.15, 0.2) is 9.84 Å². The van der Waals surface area contributed by atoms with E-state index in [1.165, 1.54) is 4.90 Å². The van der Waals surface area contributed by atoms with Crippen molar-refractivity contribution in [1.29, 1.82) is 0 Å². The number of nitrogens with one attached hydrogen (secondary N) is 1. The number of benzene rings is 1. The topological polar surface area (TPSA) is 66.5 Å². The predicted octanol–water partition coefficient (Wildman–Crippen LogP) is 1.26. The van der Waals surface area contributed by atoms with E-state index in [0.29, 0.717) is 0 Å². The molecule has 98 valence electrons. The van der Waals surface area contributed by atoms with Crippen LogP contribution in [0.5, 0.6) is 0 Å². The van der Waals surface area contributed by atoms with E-state index in [4.69, 9.17) is 0 Å². The molecule has 1 aromatic carbocycles. The van der Waals surface area contributed by atoms with Crippen LogP contribution >= 0.6 is 0 Å². The minimum Gasteiger partial charge on any atom is -0.322 e. The summed E-state index contributed by atoms with van der Waals surface area (Å²) >= 11 is 0. The van der Waals surface area contributed by atoms with E-state index in [9.17, 15) is 13.2 Å². The molecular formula is C12H16N2O3S. The molecule has 2 amide bonds. The molecule has 0 bridgehead atoms. The fourth-order valence-electron chi connectivity index (χ4n) is 1.84. The summed E-state index contributed by atoms with van der Waals surface area (Å²) in [5, 5.41) is 2.77. The van der Waals surface area contributed by atoms with Gasteiger partial charge in [-0.25, -0.2) is 13.2 Å². The Morgan fingerprint density at radius 2 is 1.94 bits per heavy atom. The van der Waals surface area contributed by atoms with Gasteiger partial charge in [0, 0.05) is 18.8 Å². The molecule has 0 atom stereocenters. The third kappa shape index (κ3) is 3.22. The maximum Gasteiger partial charge on any atom is 0.321 e. The van der Waals surface area contributed by atoms with Crippen LogP contribution in [-0.4, -0.2) is 43.9 Å². The highest BCUT2D eigenvalue weighted by atomic mass is 32.2. The van der Waals surface area contributed by atoms with Gasteiger partial charge in [0.2, 0.25) is 0 Å². The van der Waals surface area contributed by atoms with Crippen molar-refractivity contribution in [2.24, 2.45) is 0 Å². The van der Waals surface area contributed by atoms with Gasteiger partial charge in [0.1, 0.15) is 0 Å². The van der Waals surface area contributed by atoms with Gasteiger partial charge in [-0.15, -0.1) is 0 Å². The second kappa shape index (κ2) is 4.97. The van der Waals surface area contributed by atoms with Crippen molar-refractivity contribution >= 4 is 21.6 Å². The fraction of sp³-hybridized carbons (Fsp3) is 0.417. The Labute approximate surface area is 107 Å². The SMILES string of the molecule is Cc1cccc(NC(=O)N2CCS(=O)(=O)CC2)c1. The molecule has 1 saturated heterocycles. The number of hydrogen-bond acceptors (Lipinski definition) is 3. The zero-order chi connectivity index (χ0) is 13.2. The standard InChI is InChI=1S/C12H16N2O3S/c1-10-3-2-4-11(9-10)13-12(15)14-5-7-18(16,17)8-6-14/h2-4,9H,5-8H2,1H3,(H,13,15). The Hall–Kier alpha value is -1.56. The molecular weight excluding hydrogens is 252 g/mol. The zero-order valence-electron chi connectivity index (χ0n) is 10.2. The van der Waals surface area contributed by atoms with E-state index >= 15 is 0 Å². The number of rotatable bonds is 1. The fourth-order valence-corrected chi connectivity index (χ4v) is 3.04. The second-order valence-corrected chi connectivity index (χ2v) is 6.74. The molecule has 1 aliphatic rings. The number of nitrogens with zero attached hydrogens (tertiary/aromatic N) is 1. The molecule has 1 fully saturated rings. The maximum atomic E-state index is 11.9. The van der Waals surface area contributed by atoms with E-state index in [1.807, 2.05) is 31.2 Å². The van der Waals surface area contributed by atoms with Crippen LogP contribution in [0, 0.1) is 6.92 Å². The van der Waals surface area contributed by atoms with Gasteiger partial charge in [-0.05, 0) is 24.6 Å². The number of carbonyl (C=O) groups excluding carboxylic acids is 1. The predicted molar refractivity (Wildman–Crippen MR) is 70.4 cm³/mol. The Kier molecular flexibility index (Phi) is 3.56. The minimum atomic E-state index is -2.95. The molecule has 0 unspecified atom stereocenters. The number of sulfone groups is 1. The van der Waals surface area contributed by atoms with Crippen molar-refractivity contribution in [3.63, 3.8) is 0 Å². The van der Waals surface area contributed by atoms with Crippen molar-refractivity contribution in [1.82, 2.24) is 4.90 Å². The first-order valence-corrected chi connectivity index (χ1v) is 7.61. The molecule has 1 aliphatic heterocycles. The summed E-state index contributed by atoms with van der Waals surface area (Å²) in [6.45, 7) is 2.48. The Morgan fingerprint density at radius 3 is 2.56 bits per heavy atom. The summed E-state index contributed by atoms with van der Waals surface area (Å²) < 4.78 is 22.5. The van der Waals surface area contributed by atoms with Crippen LogP contribution in [0.25, 0.3) is 0 Å². The number of amides is 2. The lowest BCUT2D eigenvalue weighted by Gasteiger charge is -2.26. The van der Waals surface area contributed by atoms with Gasteiger partial charge >= 0.3 is 6.03 Å². The highest BCUT2D eigenvalue weighted by Crippen LogP contribution is 2.11. The van der Waals surface area contributed by atoms with E-state index in [1.54, 1.807) is 0 Å². The quantitative estimate of drug-likeness (QED) is 0.833. The smallest absolute Gasteiger partial charge is 0.321 e. The van der Waals surface area contributed by atoms with Gasteiger partial charge in [0.25, 0.3) is 0 Å². The largest absolute Gasteiger partial charge is 0.322 e. The molecule has 2 rings (SSSR count). The van der Waals surface area contributed by atoms with Crippen LogP contribution in [0.15, 0.2) is 24.3 Å². The summed E-state index contributed by atoms with van der Waals surface area (Å²) in [6.07, 6.45) is 0. The number of urea groups is 1. The van der Waals surface area contributed by atoms with Crippen molar-refractivity contribution in [2.75, 3.05) is 29.9 Å². The van der Waals surface area contributed by atoms with Crippen LogP contribution in [0.3, 0.4) is 0 Å². The Bertz CT molecular complexity index is 540. The molecule has 0 radical (unpaired) electrons. The molecule has 1 heterocycles. The summed E-state index contributed by atoms with van der Waals surface area (Å²) in [5.74, 6) is 0.0997. The normalized spacial score (nSPS) is 18.4. The molecule has 6 heteroatoms. The van der Waals surface area contributed by atoms with Gasteiger partial charge < -0.3 is 10.2 Å². The lowest BCUT2D eigenvalue weighted by Crippen LogP contribution is -2.45. The number of carbonyl (C=O) groups is 1. The van der Waals surface area contributed by atoms with Gasteiger partial charge in [0.05, 0.1) is 11.5 Å². The Morgan fingerprint density at radius 1 is 1.28 bits per heavy atom. The van der Waals surface area contributed by atoms with E-state index < -0.39 is 9.84 Å². The lowest BCUT2D eigenvalue weighted by atomic mass is 10.2. The summed E-state index contributed by atoms with van der Waals surface area (Å²) in [5.41, 5.74) is 1.79. The van der Waals surface area contributed by atoms with E-state index in [2.05, 4.69) is 5.32 Å².